The van der Waals surface area contributed by atoms with Crippen LogP contribution in [0, 0.1) is 5.92 Å². The number of anilines is 2. The highest BCUT2D eigenvalue weighted by atomic mass is 32.1. The maximum Gasteiger partial charge on any atom is 0.129 e. The number of pyridine rings is 1. The molecule has 0 spiro atoms. The van der Waals surface area contributed by atoms with Gasteiger partial charge in [-0.25, -0.2) is 4.98 Å². The van der Waals surface area contributed by atoms with Gasteiger partial charge in [0, 0.05) is 24.8 Å². The summed E-state index contributed by atoms with van der Waals surface area (Å²) < 4.78 is 1.23. The first-order valence-electron chi connectivity index (χ1n) is 8.30. The molecule has 3 aromatic rings. The second-order valence-electron chi connectivity index (χ2n) is 6.59. The van der Waals surface area contributed by atoms with Crippen LogP contribution in [0.4, 0.5) is 11.5 Å². The van der Waals surface area contributed by atoms with Crippen LogP contribution in [0.3, 0.4) is 0 Å². The fourth-order valence-electron chi connectivity index (χ4n) is 2.77. The average Bonchev–Trinajstić information content (AvgIpc) is 3.44. The summed E-state index contributed by atoms with van der Waals surface area (Å²) in [6.45, 7) is 1.07. The van der Waals surface area contributed by atoms with Crippen LogP contribution in [0.5, 0.6) is 0 Å². The maximum absolute atomic E-state index is 4.81. The van der Waals surface area contributed by atoms with Crippen LogP contribution in [-0.4, -0.2) is 27.8 Å². The van der Waals surface area contributed by atoms with Crippen LogP contribution < -0.4 is 10.6 Å². The Balaban J connectivity index is 1.55. The fraction of sp³-hybridized carbons (Fsp3) is 0.412. The van der Waals surface area contributed by atoms with E-state index >= 15 is 0 Å². The summed E-state index contributed by atoms with van der Waals surface area (Å²) >= 11 is 1.77. The van der Waals surface area contributed by atoms with Gasteiger partial charge in [0.05, 0.1) is 26.5 Å². The minimum atomic E-state index is 0.613. The third-order valence-corrected chi connectivity index (χ3v) is 5.64. The number of hydrogen-bond acceptors (Lipinski definition) is 5. The van der Waals surface area contributed by atoms with Gasteiger partial charge in [0.25, 0.3) is 0 Å². The Kier molecular flexibility index (Phi) is 3.04. The number of nitrogens with zero attached hydrogens (tertiary/aromatic N) is 2. The third kappa shape index (κ3) is 2.79. The summed E-state index contributed by atoms with van der Waals surface area (Å²) in [6, 6.07) is 6.96. The average molecular weight is 325 g/mol. The molecule has 2 aliphatic carbocycles. The first kappa shape index (κ1) is 13.4. The van der Waals surface area contributed by atoms with Gasteiger partial charge in [0.1, 0.15) is 5.82 Å². The molecule has 0 aliphatic heterocycles. The molecule has 2 saturated carbocycles. The Morgan fingerprint density at radius 3 is 2.87 bits per heavy atom. The van der Waals surface area contributed by atoms with Gasteiger partial charge in [-0.15, -0.1) is 11.3 Å². The Morgan fingerprint density at radius 2 is 2.13 bits per heavy atom. The summed E-state index contributed by atoms with van der Waals surface area (Å²) in [6.07, 6.45) is 7.02. The van der Waals surface area contributed by atoms with E-state index in [0.717, 1.165) is 29.5 Å². The van der Waals surface area contributed by atoms with Crippen molar-refractivity contribution >= 4 is 33.1 Å². The van der Waals surface area contributed by atoms with Gasteiger partial charge in [-0.2, -0.15) is 5.10 Å². The molecule has 3 heterocycles. The molecule has 2 aliphatic rings. The Morgan fingerprint density at radius 1 is 1.22 bits per heavy atom. The molecule has 0 amide bonds. The van der Waals surface area contributed by atoms with Crippen molar-refractivity contribution in [2.24, 2.45) is 5.92 Å². The van der Waals surface area contributed by atoms with E-state index in [2.05, 4.69) is 33.0 Å². The van der Waals surface area contributed by atoms with Crippen molar-refractivity contribution in [2.45, 2.75) is 31.7 Å². The lowest BCUT2D eigenvalue weighted by Gasteiger charge is -2.10. The van der Waals surface area contributed by atoms with E-state index < -0.39 is 0 Å². The zero-order valence-corrected chi connectivity index (χ0v) is 13.6. The van der Waals surface area contributed by atoms with Crippen molar-refractivity contribution in [3.63, 3.8) is 0 Å². The summed E-state index contributed by atoms with van der Waals surface area (Å²) in [5, 5.41) is 14.3. The standard InChI is InChI=1S/C17H19N5S/c1-2-10(1)9-18-13-8-16(20-11-3-4-11)21-14-7-15(23-17(13)14)12-5-6-19-22-12/h5-8,10-11H,1-4,9H2,(H,19,22)(H2,18,20,21). The molecule has 0 bridgehead atoms. The second kappa shape index (κ2) is 5.23. The number of nitrogens with one attached hydrogen (secondary N) is 3. The number of rotatable bonds is 6. The third-order valence-electron chi connectivity index (χ3n) is 4.45. The molecule has 5 rings (SSSR count). The lowest BCUT2D eigenvalue weighted by Crippen LogP contribution is -2.06. The number of thiophene rings is 1. The first-order chi connectivity index (χ1) is 11.3. The second-order valence-corrected chi connectivity index (χ2v) is 7.65. The van der Waals surface area contributed by atoms with Gasteiger partial charge in [0.2, 0.25) is 0 Å². The molecule has 5 nitrogen and oxygen atoms in total. The molecule has 2 fully saturated rings. The van der Waals surface area contributed by atoms with E-state index in [0.29, 0.717) is 6.04 Å². The van der Waals surface area contributed by atoms with Crippen molar-refractivity contribution in [1.29, 1.82) is 0 Å². The summed E-state index contributed by atoms with van der Waals surface area (Å²) in [5.74, 6) is 1.84. The van der Waals surface area contributed by atoms with Crippen LogP contribution in [0.1, 0.15) is 25.7 Å². The molecule has 0 aromatic carbocycles. The number of aromatic amines is 1. The Bertz CT molecular complexity index is 830. The molecule has 23 heavy (non-hydrogen) atoms. The molecule has 6 heteroatoms. The van der Waals surface area contributed by atoms with Crippen molar-refractivity contribution in [3.05, 3.63) is 24.4 Å². The van der Waals surface area contributed by atoms with Gasteiger partial charge in [0.15, 0.2) is 0 Å². The van der Waals surface area contributed by atoms with E-state index in [1.54, 1.807) is 17.5 Å². The molecule has 0 radical (unpaired) electrons. The smallest absolute Gasteiger partial charge is 0.129 e. The maximum atomic E-state index is 4.81. The zero-order chi connectivity index (χ0) is 15.2. The summed E-state index contributed by atoms with van der Waals surface area (Å²) in [5.41, 5.74) is 3.32. The van der Waals surface area contributed by atoms with Crippen LogP contribution >= 0.6 is 11.3 Å². The summed E-state index contributed by atoms with van der Waals surface area (Å²) in [4.78, 5) is 6.00. The predicted molar refractivity (Wildman–Crippen MR) is 95.1 cm³/mol. The van der Waals surface area contributed by atoms with Crippen molar-refractivity contribution < 1.29 is 0 Å². The zero-order valence-electron chi connectivity index (χ0n) is 12.8. The largest absolute Gasteiger partial charge is 0.383 e. The first-order valence-corrected chi connectivity index (χ1v) is 9.11. The molecule has 3 aromatic heterocycles. The fourth-order valence-corrected chi connectivity index (χ4v) is 3.83. The van der Waals surface area contributed by atoms with Crippen LogP contribution in [0.15, 0.2) is 24.4 Å². The molecule has 0 atom stereocenters. The van der Waals surface area contributed by atoms with Gasteiger partial charge in [-0.3, -0.25) is 5.10 Å². The number of fused-ring (bicyclic) bond motifs is 1. The van der Waals surface area contributed by atoms with E-state index in [1.165, 1.54) is 40.9 Å². The van der Waals surface area contributed by atoms with Crippen LogP contribution in [0.2, 0.25) is 0 Å². The minimum absolute atomic E-state index is 0.613. The predicted octanol–water partition coefficient (Wildman–Crippen LogP) is 4.08. The van der Waals surface area contributed by atoms with Gasteiger partial charge >= 0.3 is 0 Å². The highest BCUT2D eigenvalue weighted by molar-refractivity contribution is 7.22. The van der Waals surface area contributed by atoms with E-state index in [4.69, 9.17) is 4.98 Å². The minimum Gasteiger partial charge on any atom is -0.383 e. The lowest BCUT2D eigenvalue weighted by atomic mass is 10.3. The molecule has 0 unspecified atom stereocenters. The van der Waals surface area contributed by atoms with Crippen LogP contribution in [0.25, 0.3) is 20.8 Å². The number of hydrogen-bond donors (Lipinski definition) is 3. The SMILES string of the molecule is c1cc(-c2cc3nc(NC4CC4)cc(NCC4CC4)c3s2)[nH]n1. The summed E-state index contributed by atoms with van der Waals surface area (Å²) in [7, 11) is 0. The van der Waals surface area contributed by atoms with Gasteiger partial charge in [-0.1, -0.05) is 0 Å². The quantitative estimate of drug-likeness (QED) is 0.639. The van der Waals surface area contributed by atoms with Crippen molar-refractivity contribution in [3.8, 4) is 10.6 Å². The highest BCUT2D eigenvalue weighted by Gasteiger charge is 2.24. The molecular weight excluding hydrogens is 306 g/mol. The molecular formula is C17H19N5S. The lowest BCUT2D eigenvalue weighted by molar-refractivity contribution is 0.890. The van der Waals surface area contributed by atoms with Gasteiger partial charge < -0.3 is 10.6 Å². The highest BCUT2D eigenvalue weighted by Crippen LogP contribution is 2.39. The number of aromatic nitrogens is 3. The van der Waals surface area contributed by atoms with Crippen molar-refractivity contribution in [1.82, 2.24) is 15.2 Å². The Hall–Kier alpha value is -2.08. The topological polar surface area (TPSA) is 65.6 Å². The number of H-pyrrole nitrogens is 1. The van der Waals surface area contributed by atoms with E-state index in [1.807, 2.05) is 6.07 Å². The molecule has 0 saturated heterocycles. The Labute approximate surface area is 138 Å². The normalized spacial score (nSPS) is 17.6. The van der Waals surface area contributed by atoms with Gasteiger partial charge in [-0.05, 0) is 43.7 Å². The monoisotopic (exact) mass is 325 g/mol. The van der Waals surface area contributed by atoms with Crippen LogP contribution in [-0.2, 0) is 0 Å². The molecule has 118 valence electrons. The van der Waals surface area contributed by atoms with Crippen molar-refractivity contribution in [2.75, 3.05) is 17.2 Å². The van der Waals surface area contributed by atoms with E-state index in [9.17, 15) is 0 Å². The molecule has 3 N–H and O–H groups in total. The van der Waals surface area contributed by atoms with E-state index in [-0.39, 0.29) is 0 Å².